The molecular formula is C15H22N2O2. The van der Waals surface area contributed by atoms with Gasteiger partial charge in [-0.05, 0) is 51.4 Å². The van der Waals surface area contributed by atoms with Crippen molar-refractivity contribution in [3.63, 3.8) is 0 Å². The Labute approximate surface area is 114 Å². The molecule has 0 unspecified atom stereocenters. The molecule has 19 heavy (non-hydrogen) atoms. The van der Waals surface area contributed by atoms with E-state index < -0.39 is 0 Å². The maximum absolute atomic E-state index is 12.4. The number of rotatable bonds is 3. The van der Waals surface area contributed by atoms with Crippen molar-refractivity contribution >= 4 is 5.91 Å². The van der Waals surface area contributed by atoms with E-state index in [-0.39, 0.29) is 5.41 Å². The summed E-state index contributed by atoms with van der Waals surface area (Å²) in [6.45, 7) is 6.76. The van der Waals surface area contributed by atoms with Gasteiger partial charge in [-0.2, -0.15) is 0 Å². The minimum Gasteiger partial charge on any atom is -0.468 e. The lowest BCUT2D eigenvalue weighted by Gasteiger charge is -2.37. The van der Waals surface area contributed by atoms with Gasteiger partial charge in [0.25, 0.3) is 0 Å². The zero-order valence-electron chi connectivity index (χ0n) is 11.6. The number of likely N-dealkylation sites (tertiary alicyclic amines) is 2. The monoisotopic (exact) mass is 262 g/mol. The SMILES string of the molecule is CCN1CCC2(CCN(Cc3ccco3)CC2)C1=O. The van der Waals surface area contributed by atoms with Crippen LogP contribution in [0.5, 0.6) is 0 Å². The summed E-state index contributed by atoms with van der Waals surface area (Å²) in [6, 6.07) is 3.95. The average Bonchev–Trinajstić information content (AvgIpc) is 3.03. The molecule has 2 fully saturated rings. The molecule has 1 spiro atoms. The third kappa shape index (κ3) is 2.29. The Morgan fingerprint density at radius 3 is 2.58 bits per heavy atom. The Morgan fingerprint density at radius 2 is 2.00 bits per heavy atom. The van der Waals surface area contributed by atoms with Crippen molar-refractivity contribution in [1.29, 1.82) is 0 Å². The highest BCUT2D eigenvalue weighted by Crippen LogP contribution is 2.41. The molecule has 0 aliphatic carbocycles. The van der Waals surface area contributed by atoms with Gasteiger partial charge in [0.2, 0.25) is 5.91 Å². The van der Waals surface area contributed by atoms with Gasteiger partial charge < -0.3 is 9.32 Å². The summed E-state index contributed by atoms with van der Waals surface area (Å²) in [4.78, 5) is 16.8. The quantitative estimate of drug-likeness (QED) is 0.837. The van der Waals surface area contributed by atoms with Crippen LogP contribution < -0.4 is 0 Å². The first-order chi connectivity index (χ1) is 9.23. The van der Waals surface area contributed by atoms with Crippen molar-refractivity contribution in [2.75, 3.05) is 26.2 Å². The molecule has 3 rings (SSSR count). The Balaban J connectivity index is 1.59. The number of carbonyl (C=O) groups excluding carboxylic acids is 1. The molecule has 1 aromatic heterocycles. The van der Waals surface area contributed by atoms with E-state index in [0.29, 0.717) is 5.91 Å². The van der Waals surface area contributed by atoms with E-state index in [1.165, 1.54) is 0 Å². The second-order valence-electron chi connectivity index (χ2n) is 5.77. The van der Waals surface area contributed by atoms with Crippen LogP contribution in [-0.2, 0) is 11.3 Å². The fourth-order valence-corrected chi connectivity index (χ4v) is 3.42. The summed E-state index contributed by atoms with van der Waals surface area (Å²) in [6.07, 6.45) is 4.78. The van der Waals surface area contributed by atoms with Crippen LogP contribution in [0.1, 0.15) is 31.9 Å². The predicted octanol–water partition coefficient (Wildman–Crippen LogP) is 2.11. The minimum absolute atomic E-state index is 0.0460. The van der Waals surface area contributed by atoms with E-state index in [1.807, 2.05) is 17.0 Å². The normalized spacial score (nSPS) is 23.4. The molecule has 2 saturated heterocycles. The van der Waals surface area contributed by atoms with Crippen LogP contribution in [0, 0.1) is 5.41 Å². The summed E-state index contributed by atoms with van der Waals surface area (Å²) in [7, 11) is 0. The molecule has 104 valence electrons. The third-order valence-corrected chi connectivity index (χ3v) is 4.76. The first kappa shape index (κ1) is 12.7. The molecule has 2 aliphatic heterocycles. The minimum atomic E-state index is -0.0460. The molecule has 3 heterocycles. The van der Waals surface area contributed by atoms with Crippen molar-refractivity contribution in [3.05, 3.63) is 24.2 Å². The second-order valence-corrected chi connectivity index (χ2v) is 5.77. The van der Waals surface area contributed by atoms with Crippen LogP contribution in [-0.4, -0.2) is 41.9 Å². The van der Waals surface area contributed by atoms with Gasteiger partial charge in [0.1, 0.15) is 5.76 Å². The Morgan fingerprint density at radius 1 is 1.26 bits per heavy atom. The molecule has 4 heteroatoms. The predicted molar refractivity (Wildman–Crippen MR) is 72.5 cm³/mol. The van der Waals surface area contributed by atoms with E-state index in [4.69, 9.17) is 4.42 Å². The van der Waals surface area contributed by atoms with E-state index in [1.54, 1.807) is 6.26 Å². The highest BCUT2D eigenvalue weighted by Gasteiger charge is 2.47. The average molecular weight is 262 g/mol. The number of hydrogen-bond donors (Lipinski definition) is 0. The summed E-state index contributed by atoms with van der Waals surface area (Å²) >= 11 is 0. The van der Waals surface area contributed by atoms with Crippen LogP contribution in [0.2, 0.25) is 0 Å². The van der Waals surface area contributed by atoms with Crippen LogP contribution in [0.3, 0.4) is 0 Å². The molecule has 0 saturated carbocycles. The molecule has 0 bridgehead atoms. The molecule has 0 radical (unpaired) electrons. The highest BCUT2D eigenvalue weighted by atomic mass is 16.3. The molecule has 0 aromatic carbocycles. The van der Waals surface area contributed by atoms with Crippen molar-refractivity contribution in [2.45, 2.75) is 32.7 Å². The molecule has 0 N–H and O–H groups in total. The molecule has 2 aliphatic rings. The van der Waals surface area contributed by atoms with Gasteiger partial charge in [-0.15, -0.1) is 0 Å². The van der Waals surface area contributed by atoms with E-state index >= 15 is 0 Å². The maximum Gasteiger partial charge on any atom is 0.228 e. The van der Waals surface area contributed by atoms with Crippen molar-refractivity contribution < 1.29 is 9.21 Å². The smallest absolute Gasteiger partial charge is 0.228 e. The lowest BCUT2D eigenvalue weighted by Crippen LogP contribution is -2.44. The Hall–Kier alpha value is -1.29. The molecule has 1 amide bonds. The lowest BCUT2D eigenvalue weighted by molar-refractivity contribution is -0.138. The first-order valence-corrected chi connectivity index (χ1v) is 7.28. The Kier molecular flexibility index (Phi) is 3.35. The largest absolute Gasteiger partial charge is 0.468 e. The van der Waals surface area contributed by atoms with Gasteiger partial charge in [0.05, 0.1) is 18.2 Å². The number of amides is 1. The van der Waals surface area contributed by atoms with E-state index in [0.717, 1.165) is 57.7 Å². The standard InChI is InChI=1S/C15H22N2O2/c1-2-17-10-7-15(14(17)18)5-8-16(9-6-15)12-13-4-3-11-19-13/h3-4,11H,2,5-10,12H2,1H3. The van der Waals surface area contributed by atoms with Gasteiger partial charge in [-0.25, -0.2) is 0 Å². The second kappa shape index (κ2) is 5.00. The van der Waals surface area contributed by atoms with Gasteiger partial charge in [-0.1, -0.05) is 0 Å². The number of hydrogen-bond acceptors (Lipinski definition) is 3. The van der Waals surface area contributed by atoms with Crippen LogP contribution in [0.4, 0.5) is 0 Å². The number of piperidine rings is 1. The molecule has 4 nitrogen and oxygen atoms in total. The van der Waals surface area contributed by atoms with Crippen LogP contribution in [0.15, 0.2) is 22.8 Å². The summed E-state index contributed by atoms with van der Waals surface area (Å²) < 4.78 is 5.39. The number of carbonyl (C=O) groups is 1. The highest BCUT2D eigenvalue weighted by molar-refractivity contribution is 5.85. The van der Waals surface area contributed by atoms with Gasteiger partial charge in [-0.3, -0.25) is 9.69 Å². The summed E-state index contributed by atoms with van der Waals surface area (Å²) in [5, 5.41) is 0. The van der Waals surface area contributed by atoms with Crippen molar-refractivity contribution in [2.24, 2.45) is 5.41 Å². The van der Waals surface area contributed by atoms with Gasteiger partial charge in [0, 0.05) is 13.1 Å². The molecular weight excluding hydrogens is 240 g/mol. The maximum atomic E-state index is 12.4. The fourth-order valence-electron chi connectivity index (χ4n) is 3.42. The van der Waals surface area contributed by atoms with Crippen molar-refractivity contribution in [1.82, 2.24) is 9.80 Å². The first-order valence-electron chi connectivity index (χ1n) is 7.28. The molecule has 0 atom stereocenters. The zero-order chi connectivity index (χ0) is 13.3. The lowest BCUT2D eigenvalue weighted by atomic mass is 9.77. The summed E-state index contributed by atoms with van der Waals surface area (Å²) in [5.41, 5.74) is -0.0460. The van der Waals surface area contributed by atoms with E-state index in [9.17, 15) is 4.79 Å². The zero-order valence-corrected chi connectivity index (χ0v) is 11.6. The number of furan rings is 1. The molecule has 1 aromatic rings. The van der Waals surface area contributed by atoms with Gasteiger partial charge >= 0.3 is 0 Å². The topological polar surface area (TPSA) is 36.7 Å². The van der Waals surface area contributed by atoms with Gasteiger partial charge in [0.15, 0.2) is 0 Å². The van der Waals surface area contributed by atoms with Crippen molar-refractivity contribution in [3.8, 4) is 0 Å². The fraction of sp³-hybridized carbons (Fsp3) is 0.667. The summed E-state index contributed by atoms with van der Waals surface area (Å²) in [5.74, 6) is 1.41. The van der Waals surface area contributed by atoms with E-state index in [2.05, 4.69) is 11.8 Å². The Bertz CT molecular complexity index is 433. The van der Waals surface area contributed by atoms with Crippen LogP contribution >= 0.6 is 0 Å². The van der Waals surface area contributed by atoms with Crippen LogP contribution in [0.25, 0.3) is 0 Å². The third-order valence-electron chi connectivity index (χ3n) is 4.76. The number of nitrogens with zero attached hydrogens (tertiary/aromatic N) is 2.